The van der Waals surface area contributed by atoms with E-state index in [1.165, 1.54) is 29.0 Å². The zero-order valence-electron chi connectivity index (χ0n) is 18.7. The lowest BCUT2D eigenvalue weighted by Crippen LogP contribution is -2.34. The minimum atomic E-state index is -0.964. The van der Waals surface area contributed by atoms with Crippen LogP contribution in [-0.4, -0.2) is 36.3 Å². The average molecular weight is 432 g/mol. The van der Waals surface area contributed by atoms with E-state index in [4.69, 9.17) is 4.74 Å². The predicted octanol–water partition coefficient (Wildman–Crippen LogP) is 4.88. The predicted molar refractivity (Wildman–Crippen MR) is 127 cm³/mol. The number of hydrogen-bond acceptors (Lipinski definition) is 5. The molecule has 3 N–H and O–H groups in total. The topological polar surface area (TPSA) is 83.5 Å². The van der Waals surface area contributed by atoms with Gasteiger partial charge >= 0.3 is 5.97 Å². The molecule has 6 heteroatoms. The van der Waals surface area contributed by atoms with E-state index in [0.717, 1.165) is 29.8 Å². The maximum atomic E-state index is 11.5. The van der Waals surface area contributed by atoms with Crippen LogP contribution in [0.1, 0.15) is 52.9 Å². The van der Waals surface area contributed by atoms with Gasteiger partial charge in [-0.1, -0.05) is 44.2 Å². The number of carboxylic acids is 1. The Morgan fingerprint density at radius 3 is 2.84 bits per heavy atom. The summed E-state index contributed by atoms with van der Waals surface area (Å²) in [4.78, 5) is 15.5. The summed E-state index contributed by atoms with van der Waals surface area (Å²) in [6.45, 7) is 5.80. The number of nitrogens with zero attached hydrogens (tertiary/aromatic N) is 1. The summed E-state index contributed by atoms with van der Waals surface area (Å²) < 4.78 is 5.70. The van der Waals surface area contributed by atoms with Gasteiger partial charge in [-0.15, -0.1) is 0 Å². The van der Waals surface area contributed by atoms with Crippen molar-refractivity contribution in [1.82, 2.24) is 10.3 Å². The molecule has 2 heterocycles. The van der Waals surface area contributed by atoms with Crippen molar-refractivity contribution < 1.29 is 14.6 Å². The second-order valence-electron chi connectivity index (χ2n) is 8.39. The number of nitrogens with one attached hydrogen (secondary N) is 2. The van der Waals surface area contributed by atoms with E-state index < -0.39 is 5.97 Å². The first kappa shape index (κ1) is 21.8. The number of aromatic nitrogens is 1. The van der Waals surface area contributed by atoms with Crippen LogP contribution in [0, 0.1) is 0 Å². The fourth-order valence-electron chi connectivity index (χ4n) is 4.24. The van der Waals surface area contributed by atoms with Gasteiger partial charge in [-0.2, -0.15) is 0 Å². The van der Waals surface area contributed by atoms with Crippen LogP contribution in [0.2, 0.25) is 0 Å². The van der Waals surface area contributed by atoms with Gasteiger partial charge in [0.15, 0.2) is 0 Å². The summed E-state index contributed by atoms with van der Waals surface area (Å²) in [6, 6.07) is 14.6. The van der Waals surface area contributed by atoms with Crippen molar-refractivity contribution in [3.05, 3.63) is 77.1 Å². The number of rotatable bonds is 7. The van der Waals surface area contributed by atoms with Crippen molar-refractivity contribution in [3.8, 4) is 16.9 Å². The number of anilines is 1. The minimum Gasteiger partial charge on any atom is -0.496 e. The molecule has 1 unspecified atom stereocenters. The first-order valence-electron chi connectivity index (χ1n) is 10.9. The number of fused-ring (bicyclic) bond motifs is 1. The van der Waals surface area contributed by atoms with E-state index in [-0.39, 0.29) is 11.6 Å². The molecule has 3 aromatic rings. The normalized spacial score (nSPS) is 15.3. The number of carbonyl (C=O) groups is 1. The highest BCUT2D eigenvalue weighted by molar-refractivity contribution is 5.93. The maximum Gasteiger partial charge on any atom is 0.337 e. The van der Waals surface area contributed by atoms with E-state index in [2.05, 4.69) is 65.9 Å². The van der Waals surface area contributed by atoms with Gasteiger partial charge in [0.05, 0.1) is 24.6 Å². The van der Waals surface area contributed by atoms with Gasteiger partial charge in [-0.3, -0.25) is 4.98 Å². The molecule has 1 atom stereocenters. The Kier molecular flexibility index (Phi) is 6.42. The lowest BCUT2D eigenvalue weighted by molar-refractivity contribution is 0.0697. The van der Waals surface area contributed by atoms with Crippen molar-refractivity contribution in [3.63, 3.8) is 0 Å². The average Bonchev–Trinajstić information content (AvgIpc) is 2.81. The zero-order valence-corrected chi connectivity index (χ0v) is 18.7. The van der Waals surface area contributed by atoms with Gasteiger partial charge < -0.3 is 20.5 Å². The second-order valence-corrected chi connectivity index (χ2v) is 8.39. The molecular formula is C26H29N3O3. The maximum absolute atomic E-state index is 11.5. The number of methoxy groups -OCH3 is 1. The molecular weight excluding hydrogens is 402 g/mol. The molecule has 0 radical (unpaired) electrons. The molecule has 4 rings (SSSR count). The molecule has 166 valence electrons. The molecule has 32 heavy (non-hydrogen) atoms. The lowest BCUT2D eigenvalue weighted by atomic mass is 9.90. The smallest absolute Gasteiger partial charge is 0.337 e. The summed E-state index contributed by atoms with van der Waals surface area (Å²) in [6.07, 6.45) is 4.00. The largest absolute Gasteiger partial charge is 0.496 e. The summed E-state index contributed by atoms with van der Waals surface area (Å²) in [7, 11) is 1.72. The highest BCUT2D eigenvalue weighted by Gasteiger charge is 2.21. The van der Waals surface area contributed by atoms with Crippen LogP contribution < -0.4 is 15.4 Å². The second kappa shape index (κ2) is 9.40. The van der Waals surface area contributed by atoms with Crippen LogP contribution in [0.5, 0.6) is 5.75 Å². The van der Waals surface area contributed by atoms with E-state index >= 15 is 0 Å². The molecule has 0 spiro atoms. The first-order valence-corrected chi connectivity index (χ1v) is 10.9. The van der Waals surface area contributed by atoms with Crippen LogP contribution in [0.3, 0.4) is 0 Å². The van der Waals surface area contributed by atoms with Crippen LogP contribution in [0.25, 0.3) is 11.1 Å². The van der Waals surface area contributed by atoms with Crippen molar-refractivity contribution >= 4 is 11.7 Å². The monoisotopic (exact) mass is 431 g/mol. The Morgan fingerprint density at radius 1 is 1.25 bits per heavy atom. The molecule has 0 saturated heterocycles. The Hall–Kier alpha value is -3.38. The number of pyridine rings is 1. The molecule has 1 aliphatic heterocycles. The fourth-order valence-corrected chi connectivity index (χ4v) is 4.24. The third-order valence-electron chi connectivity index (χ3n) is 6.05. The number of ether oxygens (including phenoxy) is 1. The highest BCUT2D eigenvalue weighted by Crippen LogP contribution is 2.35. The third kappa shape index (κ3) is 4.46. The van der Waals surface area contributed by atoms with Gasteiger partial charge in [-0.25, -0.2) is 4.79 Å². The van der Waals surface area contributed by atoms with Gasteiger partial charge in [0.1, 0.15) is 5.75 Å². The molecule has 6 nitrogen and oxygen atoms in total. The quantitative estimate of drug-likeness (QED) is 0.495. The molecule has 0 bridgehead atoms. The number of benzene rings is 2. The van der Waals surface area contributed by atoms with E-state index in [0.29, 0.717) is 18.2 Å². The van der Waals surface area contributed by atoms with Gasteiger partial charge in [0.25, 0.3) is 0 Å². The first-order chi connectivity index (χ1) is 15.5. The Balaban J connectivity index is 1.58. The van der Waals surface area contributed by atoms with E-state index in [1.54, 1.807) is 13.3 Å². The molecule has 0 amide bonds. The molecule has 1 aliphatic rings. The molecule has 0 fully saturated rings. The minimum absolute atomic E-state index is 0.0832. The van der Waals surface area contributed by atoms with Crippen LogP contribution in [-0.2, 0) is 6.42 Å². The summed E-state index contributed by atoms with van der Waals surface area (Å²) in [5, 5.41) is 16.2. The Bertz CT molecular complexity index is 1130. The molecule has 1 aromatic heterocycles. The van der Waals surface area contributed by atoms with Crippen molar-refractivity contribution in [2.75, 3.05) is 25.5 Å². The lowest BCUT2D eigenvalue weighted by Gasteiger charge is -2.28. The zero-order chi connectivity index (χ0) is 22.7. The molecule has 0 aliphatic carbocycles. The summed E-state index contributed by atoms with van der Waals surface area (Å²) >= 11 is 0. The van der Waals surface area contributed by atoms with Gasteiger partial charge in [0.2, 0.25) is 0 Å². The number of hydrogen-bond donors (Lipinski definition) is 3. The van der Waals surface area contributed by atoms with Gasteiger partial charge in [0, 0.05) is 24.3 Å². The third-order valence-corrected chi connectivity index (χ3v) is 6.05. The number of aromatic carboxylic acids is 1. The summed E-state index contributed by atoms with van der Waals surface area (Å²) in [5.74, 6) is 0.373. The van der Waals surface area contributed by atoms with Crippen LogP contribution in [0.15, 0.2) is 54.9 Å². The van der Waals surface area contributed by atoms with Crippen molar-refractivity contribution in [2.24, 2.45) is 0 Å². The fraction of sp³-hybridized carbons (Fsp3) is 0.308. The molecule has 2 aromatic carbocycles. The van der Waals surface area contributed by atoms with E-state index in [9.17, 15) is 9.90 Å². The SMILES string of the molecule is COc1cc(C(C)C)ccc1-c1ccc2c(c1)CCNC2CNc1cnccc1C(=O)O. The van der Waals surface area contributed by atoms with E-state index in [1.807, 2.05) is 0 Å². The standard InChI is InChI=1S/C26H29N3O3/c1-16(2)17-4-7-21(25(13-17)32-3)18-5-6-20-19(12-18)8-11-28-24(20)15-29-23-14-27-10-9-22(23)26(30)31/h4-7,9-10,12-14,16,24,28-29H,8,11,15H2,1-3H3,(H,30,31). The Labute approximate surface area is 188 Å². The van der Waals surface area contributed by atoms with Gasteiger partial charge in [-0.05, 0) is 53.3 Å². The highest BCUT2D eigenvalue weighted by atomic mass is 16.5. The Morgan fingerprint density at radius 2 is 2.09 bits per heavy atom. The van der Waals surface area contributed by atoms with Crippen molar-refractivity contribution in [2.45, 2.75) is 32.2 Å². The molecule has 0 saturated carbocycles. The van der Waals surface area contributed by atoms with Crippen LogP contribution in [0.4, 0.5) is 5.69 Å². The summed E-state index contributed by atoms with van der Waals surface area (Å²) in [5.41, 5.74) is 6.77. The number of carboxylic acid groups (broad SMARTS) is 1. The van der Waals surface area contributed by atoms with Crippen LogP contribution >= 0.6 is 0 Å². The van der Waals surface area contributed by atoms with Crippen molar-refractivity contribution in [1.29, 1.82) is 0 Å².